The molecule has 1 aromatic carbocycles. The Morgan fingerprint density at radius 2 is 1.81 bits per heavy atom. The third kappa shape index (κ3) is 4.47. The number of fused-ring (bicyclic) bond motifs is 1. The quantitative estimate of drug-likeness (QED) is 0.716. The van der Waals surface area contributed by atoms with Crippen LogP contribution < -0.4 is 16.4 Å². The van der Waals surface area contributed by atoms with Gasteiger partial charge in [-0.3, -0.25) is 25.2 Å². The summed E-state index contributed by atoms with van der Waals surface area (Å²) in [4.78, 5) is 36.0. The van der Waals surface area contributed by atoms with Gasteiger partial charge in [-0.25, -0.2) is 5.10 Å². The van der Waals surface area contributed by atoms with Crippen LogP contribution in [0.3, 0.4) is 0 Å². The first-order chi connectivity index (χ1) is 12.6. The highest BCUT2D eigenvalue weighted by Gasteiger charge is 2.16. The van der Waals surface area contributed by atoms with E-state index < -0.39 is 5.91 Å². The molecule has 7 nitrogen and oxygen atoms in total. The zero-order valence-corrected chi connectivity index (χ0v) is 14.7. The second kappa shape index (κ2) is 8.60. The van der Waals surface area contributed by atoms with Gasteiger partial charge in [0.05, 0.1) is 5.39 Å². The lowest BCUT2D eigenvalue weighted by Gasteiger charge is -2.21. The zero-order valence-electron chi connectivity index (χ0n) is 14.7. The van der Waals surface area contributed by atoms with Crippen LogP contribution in [0, 0.1) is 5.92 Å². The zero-order chi connectivity index (χ0) is 18.4. The van der Waals surface area contributed by atoms with E-state index in [2.05, 4.69) is 21.0 Å². The summed E-state index contributed by atoms with van der Waals surface area (Å²) in [5, 5.41) is 6.94. The fraction of sp³-hybridized carbons (Fsp3) is 0.474. The van der Waals surface area contributed by atoms with Gasteiger partial charge in [0.25, 0.3) is 11.5 Å². The lowest BCUT2D eigenvalue weighted by Crippen LogP contribution is -2.42. The van der Waals surface area contributed by atoms with Crippen LogP contribution in [0.25, 0.3) is 10.8 Å². The van der Waals surface area contributed by atoms with Crippen LogP contribution in [0.2, 0.25) is 0 Å². The number of nitrogens with one attached hydrogen (secondary N) is 3. The minimum atomic E-state index is -0.557. The summed E-state index contributed by atoms with van der Waals surface area (Å²) in [6.45, 7) is 0. The number of hydrogen-bond donors (Lipinski definition) is 3. The van der Waals surface area contributed by atoms with Crippen LogP contribution in [0.5, 0.6) is 0 Å². The minimum absolute atomic E-state index is 0.0719. The van der Waals surface area contributed by atoms with E-state index in [1.54, 1.807) is 24.3 Å². The molecule has 1 saturated carbocycles. The number of benzene rings is 1. The number of aromatic amines is 1. The van der Waals surface area contributed by atoms with Crippen molar-refractivity contribution in [3.05, 3.63) is 40.3 Å². The molecule has 1 fully saturated rings. The summed E-state index contributed by atoms with van der Waals surface area (Å²) in [6, 6.07) is 6.71. The molecule has 2 aromatic rings. The highest BCUT2D eigenvalue weighted by molar-refractivity contribution is 6.05. The highest BCUT2D eigenvalue weighted by atomic mass is 16.2. The predicted octanol–water partition coefficient (Wildman–Crippen LogP) is 2.43. The molecule has 0 saturated heterocycles. The van der Waals surface area contributed by atoms with Gasteiger partial charge in [-0.2, -0.15) is 5.10 Å². The van der Waals surface area contributed by atoms with Gasteiger partial charge in [0.15, 0.2) is 5.69 Å². The number of hydrazine groups is 1. The van der Waals surface area contributed by atoms with Crippen molar-refractivity contribution in [1.29, 1.82) is 0 Å². The van der Waals surface area contributed by atoms with E-state index in [4.69, 9.17) is 0 Å². The number of nitrogens with zero attached hydrogens (tertiary/aromatic N) is 1. The van der Waals surface area contributed by atoms with E-state index in [1.165, 1.54) is 32.1 Å². The molecule has 26 heavy (non-hydrogen) atoms. The van der Waals surface area contributed by atoms with Crippen LogP contribution in [0.1, 0.15) is 61.9 Å². The average Bonchev–Trinajstić information content (AvgIpc) is 2.67. The van der Waals surface area contributed by atoms with E-state index in [9.17, 15) is 14.4 Å². The summed E-state index contributed by atoms with van der Waals surface area (Å²) < 4.78 is 0. The van der Waals surface area contributed by atoms with Gasteiger partial charge in [-0.15, -0.1) is 0 Å². The molecule has 3 N–H and O–H groups in total. The van der Waals surface area contributed by atoms with Crippen molar-refractivity contribution in [1.82, 2.24) is 21.0 Å². The maximum atomic E-state index is 12.3. The third-order valence-corrected chi connectivity index (χ3v) is 4.97. The summed E-state index contributed by atoms with van der Waals surface area (Å²) >= 11 is 0. The molecule has 0 bridgehead atoms. The maximum absolute atomic E-state index is 12.3. The summed E-state index contributed by atoms with van der Waals surface area (Å²) in [5.74, 6) is -0.0381. The van der Waals surface area contributed by atoms with E-state index in [1.807, 2.05) is 0 Å². The van der Waals surface area contributed by atoms with Crippen molar-refractivity contribution in [2.75, 3.05) is 0 Å². The predicted molar refractivity (Wildman–Crippen MR) is 98.4 cm³/mol. The molecule has 1 heterocycles. The van der Waals surface area contributed by atoms with E-state index in [0.717, 1.165) is 18.8 Å². The molecular formula is C19H24N4O3. The number of amides is 2. The lowest BCUT2D eigenvalue weighted by molar-refractivity contribution is -0.122. The van der Waals surface area contributed by atoms with Gasteiger partial charge in [0.1, 0.15) is 0 Å². The van der Waals surface area contributed by atoms with Crippen molar-refractivity contribution in [2.45, 2.75) is 51.4 Å². The summed E-state index contributed by atoms with van der Waals surface area (Å²) in [6.07, 6.45) is 8.74. The lowest BCUT2D eigenvalue weighted by atomic mass is 9.86. The molecule has 1 aliphatic carbocycles. The Labute approximate surface area is 151 Å². The van der Waals surface area contributed by atoms with Gasteiger partial charge in [-0.1, -0.05) is 50.3 Å². The molecule has 2 amide bonds. The van der Waals surface area contributed by atoms with E-state index in [-0.39, 0.29) is 17.2 Å². The first kappa shape index (κ1) is 18.1. The Balaban J connectivity index is 1.50. The van der Waals surface area contributed by atoms with Crippen molar-refractivity contribution in [3.8, 4) is 0 Å². The molecule has 0 radical (unpaired) electrons. The second-order valence-electron chi connectivity index (χ2n) is 6.85. The molecule has 7 heteroatoms. The minimum Gasteiger partial charge on any atom is -0.273 e. The molecule has 0 spiro atoms. The number of H-pyrrole nitrogens is 1. The number of rotatable bonds is 5. The normalized spacial score (nSPS) is 14.9. The van der Waals surface area contributed by atoms with Crippen LogP contribution >= 0.6 is 0 Å². The fourth-order valence-electron chi connectivity index (χ4n) is 3.56. The molecule has 0 atom stereocenters. The van der Waals surface area contributed by atoms with Crippen LogP contribution in [-0.2, 0) is 4.79 Å². The second-order valence-corrected chi connectivity index (χ2v) is 6.85. The van der Waals surface area contributed by atoms with E-state index >= 15 is 0 Å². The first-order valence-corrected chi connectivity index (χ1v) is 9.22. The van der Waals surface area contributed by atoms with E-state index in [0.29, 0.717) is 17.2 Å². The number of carbonyl (C=O) groups is 2. The monoisotopic (exact) mass is 356 g/mol. The molecule has 3 rings (SSSR count). The number of aromatic nitrogens is 2. The molecule has 0 unspecified atom stereocenters. The fourth-order valence-corrected chi connectivity index (χ4v) is 3.56. The smallest absolute Gasteiger partial charge is 0.273 e. The standard InChI is InChI=1S/C19H24N4O3/c24-16(12-6-9-13-7-2-1-3-8-13)20-23-19(26)17-14-10-4-5-11-15(14)18(25)22-21-17/h4-5,10-11,13H,1-3,6-9,12H2,(H,20,24)(H,22,25)(H,23,26). The largest absolute Gasteiger partial charge is 0.290 e. The topological polar surface area (TPSA) is 104 Å². The average molecular weight is 356 g/mol. The number of hydrogen-bond acceptors (Lipinski definition) is 4. The Morgan fingerprint density at radius 1 is 1.08 bits per heavy atom. The molecule has 1 aromatic heterocycles. The molecule has 138 valence electrons. The van der Waals surface area contributed by atoms with Crippen molar-refractivity contribution < 1.29 is 9.59 Å². The van der Waals surface area contributed by atoms with Gasteiger partial charge < -0.3 is 0 Å². The van der Waals surface area contributed by atoms with Gasteiger partial charge in [-0.05, 0) is 24.8 Å². The Kier molecular flexibility index (Phi) is 5.99. The van der Waals surface area contributed by atoms with Crippen LogP contribution in [0.15, 0.2) is 29.1 Å². The highest BCUT2D eigenvalue weighted by Crippen LogP contribution is 2.27. The summed E-state index contributed by atoms with van der Waals surface area (Å²) in [5.41, 5.74) is 4.52. The SMILES string of the molecule is O=C(CCCC1CCCCC1)NNC(=O)c1n[nH]c(=O)c2ccccc12. The molecular weight excluding hydrogens is 332 g/mol. The molecule has 0 aliphatic heterocycles. The summed E-state index contributed by atoms with van der Waals surface area (Å²) in [7, 11) is 0. The van der Waals surface area contributed by atoms with Crippen molar-refractivity contribution in [3.63, 3.8) is 0 Å². The first-order valence-electron chi connectivity index (χ1n) is 9.22. The van der Waals surface area contributed by atoms with Crippen LogP contribution in [-0.4, -0.2) is 22.0 Å². The van der Waals surface area contributed by atoms with Crippen molar-refractivity contribution in [2.24, 2.45) is 5.92 Å². The van der Waals surface area contributed by atoms with Crippen molar-refractivity contribution >= 4 is 22.6 Å². The Bertz CT molecular complexity index is 840. The van der Waals surface area contributed by atoms with Gasteiger partial charge in [0.2, 0.25) is 5.91 Å². The Hall–Kier alpha value is -2.70. The Morgan fingerprint density at radius 3 is 2.58 bits per heavy atom. The van der Waals surface area contributed by atoms with Gasteiger partial charge in [0, 0.05) is 11.8 Å². The number of carbonyl (C=O) groups excluding carboxylic acids is 2. The van der Waals surface area contributed by atoms with Gasteiger partial charge >= 0.3 is 0 Å². The molecule has 1 aliphatic rings. The van der Waals surface area contributed by atoms with Crippen LogP contribution in [0.4, 0.5) is 0 Å². The third-order valence-electron chi connectivity index (χ3n) is 4.97. The maximum Gasteiger partial charge on any atom is 0.290 e.